The van der Waals surface area contributed by atoms with E-state index in [0.717, 1.165) is 12.0 Å². The highest BCUT2D eigenvalue weighted by Gasteiger charge is 2.27. The molecule has 0 aliphatic heterocycles. The fourth-order valence-electron chi connectivity index (χ4n) is 4.31. The first kappa shape index (κ1) is 42.6. The van der Waals surface area contributed by atoms with Gasteiger partial charge in [0, 0.05) is 29.6 Å². The number of nitrogens with one attached hydrogen (secondary N) is 2. The highest BCUT2D eigenvalue weighted by atomic mass is 31.0. The number of benzene rings is 1. The van der Waals surface area contributed by atoms with E-state index in [1.807, 2.05) is 33.6 Å². The number of hydrogen-bond donors (Lipinski definition) is 3. The van der Waals surface area contributed by atoms with Gasteiger partial charge in [0.15, 0.2) is 0 Å². The van der Waals surface area contributed by atoms with Gasteiger partial charge in [0.25, 0.3) is 17.5 Å². The van der Waals surface area contributed by atoms with Crippen LogP contribution in [0.25, 0.3) is 5.70 Å². The molecule has 2 aromatic rings. The average molecular weight is 683 g/mol. The Morgan fingerprint density at radius 1 is 1.13 bits per heavy atom. The number of aromatic nitrogens is 2. The number of alkyl halides is 3. The van der Waals surface area contributed by atoms with E-state index in [4.69, 9.17) is 4.79 Å². The molecule has 254 valence electrons. The predicted molar refractivity (Wildman–Crippen MR) is 186 cm³/mol. The molecule has 2 amide bonds. The maximum Gasteiger partial charge on any atom is 0.284 e. The fourth-order valence-corrected chi connectivity index (χ4v) is 5.10. The highest BCUT2D eigenvalue weighted by molar-refractivity contribution is 7.27. The van der Waals surface area contributed by atoms with Crippen molar-refractivity contribution in [2.45, 2.75) is 78.2 Å². The quantitative estimate of drug-likeness (QED) is 0.103. The number of allylic oxidation sites excluding steroid dienone is 3. The van der Waals surface area contributed by atoms with Crippen LogP contribution in [0, 0.1) is 6.92 Å². The minimum Gasteiger partial charge on any atom is -0.390 e. The van der Waals surface area contributed by atoms with Crippen LogP contribution < -0.4 is 15.9 Å². The van der Waals surface area contributed by atoms with E-state index in [-0.39, 0.29) is 23.4 Å². The van der Waals surface area contributed by atoms with Gasteiger partial charge in [-0.05, 0) is 69.1 Å². The molecular weight excluding hydrogens is 635 g/mol. The molecule has 0 bridgehead atoms. The molecule has 3 N–H and O–H groups in total. The van der Waals surface area contributed by atoms with E-state index in [1.54, 1.807) is 56.5 Å². The van der Waals surface area contributed by atoms with Crippen molar-refractivity contribution in [1.82, 2.24) is 20.4 Å². The maximum absolute atomic E-state index is 14.0. The molecule has 0 saturated heterocycles. The van der Waals surface area contributed by atoms with Crippen molar-refractivity contribution in [3.8, 4) is 0 Å². The molecule has 1 aromatic heterocycles. The van der Waals surface area contributed by atoms with Gasteiger partial charge in [-0.15, -0.1) is 9.24 Å². The molecule has 2 rings (SSSR count). The average Bonchev–Trinajstić information content (AvgIpc) is 3.44. The van der Waals surface area contributed by atoms with Crippen molar-refractivity contribution in [3.63, 3.8) is 0 Å². The summed E-state index contributed by atoms with van der Waals surface area (Å²) in [6, 6.07) is 5.62. The summed E-state index contributed by atoms with van der Waals surface area (Å²) in [5.41, 5.74) is -0.795. The topological polar surface area (TPSA) is 113 Å². The number of rotatable bonds is 14. The van der Waals surface area contributed by atoms with Crippen LogP contribution in [0.5, 0.6) is 0 Å². The molecule has 0 saturated carbocycles. The van der Waals surface area contributed by atoms with Crippen LogP contribution in [0.2, 0.25) is 0 Å². The van der Waals surface area contributed by atoms with Gasteiger partial charge in [-0.3, -0.25) is 14.0 Å². The summed E-state index contributed by atoms with van der Waals surface area (Å²) in [6.45, 7) is 11.4. The molecule has 0 radical (unpaired) electrons. The molecule has 4 unspecified atom stereocenters. The summed E-state index contributed by atoms with van der Waals surface area (Å²) in [7, 11) is 4.32. The first-order chi connectivity index (χ1) is 21.8. The molecule has 13 heteroatoms. The first-order valence-electron chi connectivity index (χ1n) is 14.5. The van der Waals surface area contributed by atoms with Crippen molar-refractivity contribution in [3.05, 3.63) is 88.8 Å². The molecule has 1 heterocycles. The Morgan fingerprint density at radius 3 is 2.28 bits per heavy atom. The number of aryl methyl sites for hydroxylation is 1. The van der Waals surface area contributed by atoms with E-state index < -0.39 is 29.6 Å². The molecule has 1 aromatic carbocycles. The molecule has 46 heavy (non-hydrogen) atoms. The van der Waals surface area contributed by atoms with Crippen molar-refractivity contribution < 1.29 is 32.7 Å². The van der Waals surface area contributed by atoms with E-state index in [9.17, 15) is 27.9 Å². The minimum absolute atomic E-state index is 0.00887. The molecule has 8 nitrogen and oxygen atoms in total. The van der Waals surface area contributed by atoms with E-state index in [2.05, 4.69) is 25.0 Å². The Balaban J connectivity index is 0.00000486. The minimum atomic E-state index is -3.11. The van der Waals surface area contributed by atoms with Gasteiger partial charge in [0.05, 0.1) is 19.3 Å². The largest absolute Gasteiger partial charge is 0.390 e. The molecule has 0 aliphatic rings. The van der Waals surface area contributed by atoms with Crippen LogP contribution in [-0.2, 0) is 26.6 Å². The Bertz CT molecular complexity index is 1390. The van der Waals surface area contributed by atoms with Gasteiger partial charge in [-0.2, -0.15) is 13.9 Å². The maximum atomic E-state index is 14.0. The highest BCUT2D eigenvalue weighted by Crippen LogP contribution is 2.34. The Morgan fingerprint density at radius 2 is 1.76 bits per heavy atom. The molecule has 0 aliphatic carbocycles. The van der Waals surface area contributed by atoms with E-state index >= 15 is 0 Å². The third-order valence-corrected chi connectivity index (χ3v) is 7.21. The number of aliphatic hydroxyl groups excluding tert-OH is 1. The van der Waals surface area contributed by atoms with E-state index in [0.29, 0.717) is 36.6 Å². The van der Waals surface area contributed by atoms with Gasteiger partial charge < -0.3 is 20.5 Å². The van der Waals surface area contributed by atoms with Crippen LogP contribution in [0.15, 0.2) is 72.0 Å². The zero-order chi connectivity index (χ0) is 35.4. The molecule has 4 atom stereocenters. The Hall–Kier alpha value is -3.39. The zero-order valence-electron chi connectivity index (χ0n) is 27.3. The van der Waals surface area contributed by atoms with Crippen molar-refractivity contribution in [1.29, 1.82) is 0 Å². The van der Waals surface area contributed by atoms with Crippen LogP contribution >= 0.6 is 18.5 Å². The third-order valence-electron chi connectivity index (χ3n) is 6.40. The second kappa shape index (κ2) is 22.2. The van der Waals surface area contributed by atoms with Crippen LogP contribution in [0.4, 0.5) is 13.2 Å². The van der Waals surface area contributed by atoms with Crippen LogP contribution in [0.1, 0.15) is 63.8 Å². The van der Waals surface area contributed by atoms with Crippen molar-refractivity contribution in [2.75, 3.05) is 7.18 Å². The van der Waals surface area contributed by atoms with Crippen molar-refractivity contribution in [2.24, 2.45) is 0 Å². The monoisotopic (exact) mass is 682 g/mol. The number of carbonyl (C=O) groups excluding carboxylic acids is 3. The normalized spacial score (nSPS) is 13.6. The lowest BCUT2D eigenvalue weighted by atomic mass is 10.0. The van der Waals surface area contributed by atoms with Gasteiger partial charge >= 0.3 is 0 Å². The predicted octanol–water partition coefficient (Wildman–Crippen LogP) is 5.68. The Kier molecular flexibility index (Phi) is 20.6. The zero-order valence-corrected chi connectivity index (χ0v) is 29.6. The SMILES string of the molecule is C/C=C/C(NC(=O)/C(=C/C(=C/CC)C(=O)NCc1ccc(P)c(C(F)(F)P)c1)n1nccc1C)C(O)C/C(C)=C/CC.C=O.CF. The van der Waals surface area contributed by atoms with E-state index in [1.165, 1.54) is 26.1 Å². The number of carbonyl (C=O) groups is 3. The molecule has 0 fully saturated rings. The van der Waals surface area contributed by atoms with Gasteiger partial charge in [0.1, 0.15) is 12.5 Å². The number of hydrogen-bond acceptors (Lipinski definition) is 5. The lowest BCUT2D eigenvalue weighted by Gasteiger charge is -2.23. The summed E-state index contributed by atoms with van der Waals surface area (Å²) >= 11 is 0. The first-order valence-corrected chi connectivity index (χ1v) is 15.7. The summed E-state index contributed by atoms with van der Waals surface area (Å²) in [6.07, 6.45) is 11.0. The van der Waals surface area contributed by atoms with Gasteiger partial charge in [0.2, 0.25) is 0 Å². The second-order valence-electron chi connectivity index (χ2n) is 9.96. The Labute approximate surface area is 275 Å². The van der Waals surface area contributed by atoms with Crippen LogP contribution in [-0.4, -0.2) is 52.8 Å². The number of halogens is 3. The summed E-state index contributed by atoms with van der Waals surface area (Å²) in [5.74, 6) is -1.01. The van der Waals surface area contributed by atoms with Crippen molar-refractivity contribution >= 4 is 48.1 Å². The number of nitrogens with zero attached hydrogens (tertiary/aromatic N) is 2. The summed E-state index contributed by atoms with van der Waals surface area (Å²) < 4.78 is 38.9. The fraction of sp³-hybridized carbons (Fsp3) is 0.394. The summed E-state index contributed by atoms with van der Waals surface area (Å²) in [4.78, 5) is 35.0. The smallest absolute Gasteiger partial charge is 0.284 e. The second-order valence-corrected chi connectivity index (χ2v) is 11.3. The van der Waals surface area contributed by atoms with Crippen LogP contribution in [0.3, 0.4) is 0 Å². The number of amides is 2. The lowest BCUT2D eigenvalue weighted by Crippen LogP contribution is -2.43. The van der Waals surface area contributed by atoms with Gasteiger partial charge in [-0.25, -0.2) is 4.68 Å². The molecule has 0 spiro atoms. The molecular formula is C33H47F3N4O4P2. The number of aliphatic hydroxyl groups is 1. The van der Waals surface area contributed by atoms with Gasteiger partial charge in [-0.1, -0.05) is 65.1 Å². The summed E-state index contributed by atoms with van der Waals surface area (Å²) in [5, 5.41) is 21.2. The standard InChI is InChI=1S/C31H42F2N4O3P2.CH3F.CH2O/c1-6-9-20(4)16-27(38)25(11-8-3)36-30(40)26(37-21(5)14-15-35-37)18-23(10-7-2)29(39)34-19-22-12-13-28(41)24(17-22)31(32,33)42;2*1-2/h8-15,17-18,25,27,38H,6-7,16,19,41-42H2,1-5H3,(H,34,39)(H,36,40);1H3;1H2/b11-8+,20-9+,23-10-,26-18-;;. The third kappa shape index (κ3) is 13.9. The lowest BCUT2D eigenvalue weighted by molar-refractivity contribution is -0.117.